The Hall–Kier alpha value is -4.03. The Labute approximate surface area is 229 Å². The molecule has 5 rings (SSSR count). The van der Waals surface area contributed by atoms with Gasteiger partial charge >= 0.3 is 6.03 Å². The zero-order valence-electron chi connectivity index (χ0n) is 22.7. The summed E-state index contributed by atoms with van der Waals surface area (Å²) in [5.41, 5.74) is 5.77. The fourth-order valence-electron chi connectivity index (χ4n) is 5.70. The van der Waals surface area contributed by atoms with Crippen LogP contribution >= 0.6 is 0 Å². The molecule has 9 nitrogen and oxygen atoms in total. The molecule has 0 saturated heterocycles. The van der Waals surface area contributed by atoms with Crippen LogP contribution in [0.15, 0.2) is 42.9 Å². The van der Waals surface area contributed by atoms with Gasteiger partial charge in [-0.3, -0.25) is 4.90 Å². The van der Waals surface area contributed by atoms with Crippen LogP contribution in [0, 0.1) is 11.3 Å². The van der Waals surface area contributed by atoms with E-state index in [0.717, 1.165) is 59.6 Å². The summed E-state index contributed by atoms with van der Waals surface area (Å²) in [6, 6.07) is 11.2. The fourth-order valence-corrected chi connectivity index (χ4v) is 5.70. The van der Waals surface area contributed by atoms with Gasteiger partial charge in [0.2, 0.25) is 0 Å². The van der Waals surface area contributed by atoms with Gasteiger partial charge < -0.3 is 14.8 Å². The molecule has 1 aliphatic carbocycles. The Kier molecular flexibility index (Phi) is 7.75. The maximum absolute atomic E-state index is 13.6. The highest BCUT2D eigenvalue weighted by Gasteiger charge is 2.48. The number of carbonyl (C=O) groups is 1. The molecule has 2 aliphatic rings. The highest BCUT2D eigenvalue weighted by atomic mass is 16.5. The van der Waals surface area contributed by atoms with E-state index >= 15 is 0 Å². The van der Waals surface area contributed by atoms with Gasteiger partial charge in [0.15, 0.2) is 0 Å². The Morgan fingerprint density at radius 2 is 2.03 bits per heavy atom. The number of carbonyl (C=O) groups excluding carboxylic acids is 1. The molecule has 1 aliphatic heterocycles. The Morgan fingerprint density at radius 1 is 1.21 bits per heavy atom. The lowest BCUT2D eigenvalue weighted by molar-refractivity contribution is 0.145. The van der Waals surface area contributed by atoms with E-state index in [9.17, 15) is 10.1 Å². The van der Waals surface area contributed by atoms with E-state index in [1.807, 2.05) is 29.3 Å². The molecule has 2 amide bonds. The maximum atomic E-state index is 13.6. The van der Waals surface area contributed by atoms with Crippen LogP contribution in [-0.4, -0.2) is 47.9 Å². The predicted molar refractivity (Wildman–Crippen MR) is 148 cm³/mol. The normalized spacial score (nSPS) is 15.4. The van der Waals surface area contributed by atoms with Gasteiger partial charge in [-0.15, -0.1) is 0 Å². The van der Waals surface area contributed by atoms with Crippen molar-refractivity contribution in [2.75, 3.05) is 31.8 Å². The first-order valence-corrected chi connectivity index (χ1v) is 13.5. The summed E-state index contributed by atoms with van der Waals surface area (Å²) < 4.78 is 10.9. The number of methoxy groups -OCH3 is 1. The van der Waals surface area contributed by atoms with Crippen LogP contribution in [0.1, 0.15) is 68.0 Å². The van der Waals surface area contributed by atoms with Gasteiger partial charge in [0.05, 0.1) is 41.0 Å². The summed E-state index contributed by atoms with van der Waals surface area (Å²) in [4.78, 5) is 29.3. The fraction of sp³-hybridized carbons (Fsp3) is 0.433. The molecule has 202 valence electrons. The molecule has 1 saturated carbocycles. The highest BCUT2D eigenvalue weighted by molar-refractivity contribution is 5.95. The second-order valence-electron chi connectivity index (χ2n) is 10.5. The Morgan fingerprint density at radius 3 is 2.77 bits per heavy atom. The monoisotopic (exact) mass is 526 g/mol. The number of fused-ring (bicyclic) bond motifs is 2. The van der Waals surface area contributed by atoms with Gasteiger partial charge in [-0.2, -0.15) is 5.26 Å². The number of pyridine rings is 1. The van der Waals surface area contributed by atoms with Crippen LogP contribution in [-0.2, 0) is 16.7 Å². The standard InChI is InChI=1S/C30H34N6O3/c1-20(2)27-23(17-32-19-34-27)24-8-9-25-28(35-24)30(10-4-5-11-30)18-36(25)29(37)33-16-22-7-6-21(15-31)14-26(22)39-13-12-38-3/h6-9,14,17,19-20H,4-5,10-13,16,18H2,1-3H3,(H,33,37). The molecule has 1 fully saturated rings. The van der Waals surface area contributed by atoms with E-state index in [2.05, 4.69) is 35.2 Å². The molecular weight excluding hydrogens is 492 g/mol. The van der Waals surface area contributed by atoms with Crippen LogP contribution < -0.4 is 15.0 Å². The van der Waals surface area contributed by atoms with Gasteiger partial charge in [0.1, 0.15) is 18.7 Å². The van der Waals surface area contributed by atoms with Gasteiger partial charge in [0, 0.05) is 42.9 Å². The SMILES string of the molecule is COCCOc1cc(C#N)ccc1CNC(=O)N1CC2(CCCC2)c2nc(-c3cncnc3C(C)C)ccc21. The van der Waals surface area contributed by atoms with Crippen LogP contribution in [0.4, 0.5) is 10.5 Å². The molecule has 1 aromatic carbocycles. The number of nitrogens with zero attached hydrogens (tertiary/aromatic N) is 5. The molecule has 1 N–H and O–H groups in total. The van der Waals surface area contributed by atoms with Crippen molar-refractivity contribution >= 4 is 11.7 Å². The number of benzene rings is 1. The molecule has 0 bridgehead atoms. The lowest BCUT2D eigenvalue weighted by atomic mass is 9.84. The zero-order chi connectivity index (χ0) is 27.4. The third-order valence-corrected chi connectivity index (χ3v) is 7.67. The van der Waals surface area contributed by atoms with Gasteiger partial charge in [0.25, 0.3) is 0 Å². The molecule has 2 aromatic heterocycles. The minimum Gasteiger partial charge on any atom is -0.491 e. The van der Waals surface area contributed by atoms with Gasteiger partial charge in [-0.05, 0) is 43.0 Å². The Bertz CT molecular complexity index is 1390. The number of nitrogens with one attached hydrogen (secondary N) is 1. The van der Waals surface area contributed by atoms with E-state index in [1.54, 1.807) is 25.6 Å². The number of nitriles is 1. The minimum absolute atomic E-state index is 0.140. The first-order chi connectivity index (χ1) is 19.0. The molecule has 9 heteroatoms. The summed E-state index contributed by atoms with van der Waals surface area (Å²) in [5.74, 6) is 0.809. The number of hydrogen-bond acceptors (Lipinski definition) is 7. The number of urea groups is 1. The summed E-state index contributed by atoms with van der Waals surface area (Å²) >= 11 is 0. The quantitative estimate of drug-likeness (QED) is 0.406. The van der Waals surface area contributed by atoms with E-state index in [1.165, 1.54) is 0 Å². The third-order valence-electron chi connectivity index (χ3n) is 7.67. The number of rotatable bonds is 8. The smallest absolute Gasteiger partial charge is 0.322 e. The zero-order valence-corrected chi connectivity index (χ0v) is 22.7. The Balaban J connectivity index is 1.40. The molecule has 0 unspecified atom stereocenters. The van der Waals surface area contributed by atoms with Crippen molar-refractivity contribution in [3.63, 3.8) is 0 Å². The van der Waals surface area contributed by atoms with Crippen molar-refractivity contribution in [1.29, 1.82) is 5.26 Å². The van der Waals surface area contributed by atoms with E-state index in [0.29, 0.717) is 31.1 Å². The summed E-state index contributed by atoms with van der Waals surface area (Å²) in [7, 11) is 1.61. The van der Waals surface area contributed by atoms with E-state index in [4.69, 9.17) is 14.5 Å². The first kappa shape index (κ1) is 26.6. The average molecular weight is 527 g/mol. The van der Waals surface area contributed by atoms with Crippen molar-refractivity contribution in [2.45, 2.75) is 57.4 Å². The second-order valence-corrected chi connectivity index (χ2v) is 10.5. The largest absolute Gasteiger partial charge is 0.491 e. The van der Waals surface area contributed by atoms with Crippen LogP contribution in [0.3, 0.4) is 0 Å². The van der Waals surface area contributed by atoms with Gasteiger partial charge in [-0.25, -0.2) is 19.7 Å². The molecule has 1 spiro atoms. The first-order valence-electron chi connectivity index (χ1n) is 13.5. The molecule has 39 heavy (non-hydrogen) atoms. The van der Waals surface area contributed by atoms with Crippen molar-refractivity contribution in [3.8, 4) is 23.1 Å². The number of aromatic nitrogens is 3. The van der Waals surface area contributed by atoms with Crippen molar-refractivity contribution in [2.24, 2.45) is 0 Å². The predicted octanol–water partition coefficient (Wildman–Crippen LogP) is 5.10. The van der Waals surface area contributed by atoms with Crippen molar-refractivity contribution in [1.82, 2.24) is 20.3 Å². The lowest BCUT2D eigenvalue weighted by Crippen LogP contribution is -2.41. The van der Waals surface area contributed by atoms with Crippen LogP contribution in [0.5, 0.6) is 5.75 Å². The van der Waals surface area contributed by atoms with Crippen LogP contribution in [0.2, 0.25) is 0 Å². The molecule has 3 aromatic rings. The summed E-state index contributed by atoms with van der Waals surface area (Å²) in [6.07, 6.45) is 7.69. The van der Waals surface area contributed by atoms with E-state index < -0.39 is 0 Å². The topological polar surface area (TPSA) is 113 Å². The van der Waals surface area contributed by atoms with E-state index in [-0.39, 0.29) is 23.9 Å². The summed E-state index contributed by atoms with van der Waals surface area (Å²) in [6.45, 7) is 5.90. The minimum atomic E-state index is -0.173. The highest BCUT2D eigenvalue weighted by Crippen LogP contribution is 2.50. The maximum Gasteiger partial charge on any atom is 0.322 e. The van der Waals surface area contributed by atoms with Crippen molar-refractivity contribution in [3.05, 3.63) is 65.4 Å². The number of ether oxygens (including phenoxy) is 2. The van der Waals surface area contributed by atoms with Crippen LogP contribution in [0.25, 0.3) is 11.3 Å². The van der Waals surface area contributed by atoms with Gasteiger partial charge in [-0.1, -0.05) is 32.8 Å². The third kappa shape index (κ3) is 5.30. The molecule has 0 atom stereocenters. The number of anilines is 1. The summed E-state index contributed by atoms with van der Waals surface area (Å²) in [5, 5.41) is 12.4. The average Bonchev–Trinajstić information content (AvgIpc) is 3.57. The molecule has 3 heterocycles. The second kappa shape index (κ2) is 11.4. The lowest BCUT2D eigenvalue weighted by Gasteiger charge is -2.24. The van der Waals surface area contributed by atoms with Crippen molar-refractivity contribution < 1.29 is 14.3 Å². The molecular formula is C30H34N6O3. The number of amides is 2. The number of hydrogen-bond donors (Lipinski definition) is 1. The molecule has 0 radical (unpaired) electrons.